The lowest BCUT2D eigenvalue weighted by molar-refractivity contribution is 0.102. The van der Waals surface area contributed by atoms with Crippen molar-refractivity contribution < 1.29 is 14.3 Å². The fraction of sp³-hybridized carbons (Fsp3) is 0.120. The molecule has 31 heavy (non-hydrogen) atoms. The predicted octanol–water partition coefficient (Wildman–Crippen LogP) is 5.60. The molecule has 0 spiro atoms. The van der Waals surface area contributed by atoms with E-state index in [0.717, 1.165) is 17.7 Å². The zero-order valence-electron chi connectivity index (χ0n) is 16.9. The summed E-state index contributed by atoms with van der Waals surface area (Å²) in [5.74, 6) is 1.12. The molecule has 1 amide bonds. The van der Waals surface area contributed by atoms with E-state index >= 15 is 0 Å². The molecule has 2 aromatic heterocycles. The second kappa shape index (κ2) is 10.4. The lowest BCUT2D eigenvalue weighted by Crippen LogP contribution is -2.12. The van der Waals surface area contributed by atoms with Crippen molar-refractivity contribution >= 4 is 22.9 Å². The molecule has 6 heteroatoms. The Morgan fingerprint density at radius 2 is 1.74 bits per heavy atom. The first-order chi connectivity index (χ1) is 15.3. The van der Waals surface area contributed by atoms with Crippen LogP contribution in [0.1, 0.15) is 20.8 Å². The van der Waals surface area contributed by atoms with E-state index in [2.05, 4.69) is 22.4 Å². The molecule has 0 aliphatic rings. The summed E-state index contributed by atoms with van der Waals surface area (Å²) in [4.78, 5) is 17.2. The third kappa shape index (κ3) is 5.71. The summed E-state index contributed by atoms with van der Waals surface area (Å²) in [7, 11) is 0. The minimum absolute atomic E-state index is 0.217. The van der Waals surface area contributed by atoms with E-state index in [1.807, 2.05) is 53.9 Å². The molecule has 1 N–H and O–H groups in total. The van der Waals surface area contributed by atoms with Crippen LogP contribution in [0.5, 0.6) is 11.5 Å². The number of hydrogen-bond donors (Lipinski definition) is 1. The minimum atomic E-state index is -0.217. The van der Waals surface area contributed by atoms with Gasteiger partial charge in [-0.15, -0.1) is 11.3 Å². The Bertz CT molecular complexity index is 1110. The molecule has 0 radical (unpaired) electrons. The number of benzene rings is 2. The molecule has 0 unspecified atom stereocenters. The van der Waals surface area contributed by atoms with Crippen LogP contribution < -0.4 is 14.8 Å². The Labute approximate surface area is 185 Å². The highest BCUT2D eigenvalue weighted by Crippen LogP contribution is 2.28. The molecule has 0 saturated heterocycles. The molecule has 4 rings (SSSR count). The second-order valence-electron chi connectivity index (χ2n) is 6.79. The van der Waals surface area contributed by atoms with Gasteiger partial charge in [-0.05, 0) is 35.2 Å². The fourth-order valence-corrected chi connectivity index (χ4v) is 3.77. The van der Waals surface area contributed by atoms with Gasteiger partial charge in [-0.1, -0.05) is 48.5 Å². The number of hydrogen-bond acceptors (Lipinski definition) is 5. The van der Waals surface area contributed by atoms with Crippen LogP contribution in [0.4, 0.5) is 5.69 Å². The molecule has 2 aromatic carbocycles. The average Bonchev–Trinajstić information content (AvgIpc) is 3.29. The first kappa shape index (κ1) is 20.6. The second-order valence-corrected chi connectivity index (χ2v) is 7.71. The molecule has 5 nitrogen and oxygen atoms in total. The van der Waals surface area contributed by atoms with Crippen molar-refractivity contribution in [3.63, 3.8) is 0 Å². The van der Waals surface area contributed by atoms with Crippen LogP contribution in [0.3, 0.4) is 0 Å². The van der Waals surface area contributed by atoms with Gasteiger partial charge in [0.2, 0.25) is 0 Å². The van der Waals surface area contributed by atoms with Gasteiger partial charge in [-0.25, -0.2) is 0 Å². The highest BCUT2D eigenvalue weighted by molar-refractivity contribution is 7.12. The van der Waals surface area contributed by atoms with Crippen molar-refractivity contribution in [2.45, 2.75) is 13.0 Å². The van der Waals surface area contributed by atoms with Crippen molar-refractivity contribution in [2.75, 3.05) is 11.9 Å². The van der Waals surface area contributed by atoms with Gasteiger partial charge >= 0.3 is 0 Å². The summed E-state index contributed by atoms with van der Waals surface area (Å²) in [5, 5.41) is 4.69. The maximum Gasteiger partial charge on any atom is 0.269 e. The van der Waals surface area contributed by atoms with Gasteiger partial charge in [0.05, 0.1) is 18.5 Å². The highest BCUT2D eigenvalue weighted by atomic mass is 32.1. The Morgan fingerprint density at radius 1 is 0.903 bits per heavy atom. The van der Waals surface area contributed by atoms with Crippen LogP contribution in [-0.2, 0) is 13.0 Å². The average molecular weight is 431 g/mol. The van der Waals surface area contributed by atoms with Crippen LogP contribution in [0.25, 0.3) is 0 Å². The Kier molecular flexibility index (Phi) is 6.92. The monoisotopic (exact) mass is 430 g/mol. The number of anilines is 1. The van der Waals surface area contributed by atoms with Gasteiger partial charge < -0.3 is 14.8 Å². The zero-order valence-corrected chi connectivity index (χ0v) is 17.7. The van der Waals surface area contributed by atoms with Gasteiger partial charge in [-0.2, -0.15) is 0 Å². The molecular formula is C25H22N2O3S. The van der Waals surface area contributed by atoms with Gasteiger partial charge in [0.1, 0.15) is 23.0 Å². The molecule has 0 bridgehead atoms. The SMILES string of the molecule is O=C(Nc1cccnc1)c1sccc1OCc1ccccc1OCCc1ccccc1. The van der Waals surface area contributed by atoms with Crippen molar-refractivity contribution in [3.8, 4) is 11.5 Å². The van der Waals surface area contributed by atoms with Crippen LogP contribution in [-0.4, -0.2) is 17.5 Å². The van der Waals surface area contributed by atoms with Gasteiger partial charge in [0, 0.05) is 18.2 Å². The maximum absolute atomic E-state index is 12.6. The summed E-state index contributed by atoms with van der Waals surface area (Å²) in [6, 6.07) is 23.4. The number of ether oxygens (including phenoxy) is 2. The first-order valence-corrected chi connectivity index (χ1v) is 10.8. The standard InChI is InChI=1S/C25H22N2O3S/c28-25(27-21-10-6-14-26-17-21)24-23(13-16-31-24)30-18-20-9-4-5-11-22(20)29-15-12-19-7-2-1-3-8-19/h1-11,13-14,16-17H,12,15,18H2,(H,27,28). The number of carbonyl (C=O) groups is 1. The molecule has 156 valence electrons. The quantitative estimate of drug-likeness (QED) is 0.376. The Morgan fingerprint density at radius 3 is 2.58 bits per heavy atom. The number of aromatic nitrogens is 1. The van der Waals surface area contributed by atoms with Crippen LogP contribution >= 0.6 is 11.3 Å². The van der Waals surface area contributed by atoms with E-state index in [9.17, 15) is 4.79 Å². The van der Waals surface area contributed by atoms with Crippen LogP contribution in [0.2, 0.25) is 0 Å². The molecule has 0 saturated carbocycles. The largest absolute Gasteiger partial charge is 0.493 e. The number of rotatable bonds is 9. The van der Waals surface area contributed by atoms with Crippen molar-refractivity contribution in [1.29, 1.82) is 0 Å². The summed E-state index contributed by atoms with van der Waals surface area (Å²) in [6.07, 6.45) is 4.10. The molecular weight excluding hydrogens is 408 g/mol. The lowest BCUT2D eigenvalue weighted by Gasteiger charge is -2.13. The number of para-hydroxylation sites is 1. The summed E-state index contributed by atoms with van der Waals surface area (Å²) < 4.78 is 12.0. The molecule has 0 fully saturated rings. The number of pyridine rings is 1. The minimum Gasteiger partial charge on any atom is -0.493 e. The van der Waals surface area contributed by atoms with Crippen LogP contribution in [0.15, 0.2) is 90.6 Å². The summed E-state index contributed by atoms with van der Waals surface area (Å²) in [5.41, 5.74) is 2.81. The molecule has 0 atom stereocenters. The van der Waals surface area contributed by atoms with Gasteiger partial charge in [-0.3, -0.25) is 9.78 Å². The maximum atomic E-state index is 12.6. The van der Waals surface area contributed by atoms with Crippen molar-refractivity contribution in [2.24, 2.45) is 0 Å². The van der Waals surface area contributed by atoms with Crippen molar-refractivity contribution in [3.05, 3.63) is 107 Å². The van der Waals surface area contributed by atoms with E-state index in [1.54, 1.807) is 24.5 Å². The summed E-state index contributed by atoms with van der Waals surface area (Å²) >= 11 is 1.34. The normalized spacial score (nSPS) is 10.5. The molecule has 2 heterocycles. The molecule has 4 aromatic rings. The van der Waals surface area contributed by atoms with Gasteiger partial charge in [0.15, 0.2) is 0 Å². The predicted molar refractivity (Wildman–Crippen MR) is 123 cm³/mol. The van der Waals surface area contributed by atoms with E-state index in [0.29, 0.717) is 29.5 Å². The first-order valence-electron chi connectivity index (χ1n) is 9.96. The number of nitrogens with one attached hydrogen (secondary N) is 1. The highest BCUT2D eigenvalue weighted by Gasteiger charge is 2.15. The molecule has 0 aliphatic carbocycles. The van der Waals surface area contributed by atoms with Gasteiger partial charge in [0.25, 0.3) is 5.91 Å². The number of carbonyl (C=O) groups excluding carboxylic acids is 1. The lowest BCUT2D eigenvalue weighted by atomic mass is 10.1. The van der Waals surface area contributed by atoms with E-state index in [1.165, 1.54) is 16.9 Å². The smallest absolute Gasteiger partial charge is 0.269 e. The third-order valence-corrected chi connectivity index (χ3v) is 5.50. The van der Waals surface area contributed by atoms with E-state index in [-0.39, 0.29) is 5.91 Å². The van der Waals surface area contributed by atoms with E-state index in [4.69, 9.17) is 9.47 Å². The van der Waals surface area contributed by atoms with Crippen LogP contribution in [0, 0.1) is 0 Å². The van der Waals surface area contributed by atoms with E-state index < -0.39 is 0 Å². The number of nitrogens with zero attached hydrogens (tertiary/aromatic N) is 1. The topological polar surface area (TPSA) is 60.5 Å². The fourth-order valence-electron chi connectivity index (χ4n) is 3.04. The zero-order chi connectivity index (χ0) is 21.3. The Balaban J connectivity index is 1.37. The summed E-state index contributed by atoms with van der Waals surface area (Å²) in [6.45, 7) is 0.893. The number of amides is 1. The number of thiophene rings is 1. The Hall–Kier alpha value is -3.64. The molecule has 0 aliphatic heterocycles. The third-order valence-electron chi connectivity index (χ3n) is 4.60. The van der Waals surface area contributed by atoms with Crippen molar-refractivity contribution in [1.82, 2.24) is 4.98 Å².